The van der Waals surface area contributed by atoms with Crippen LogP contribution < -0.4 is 5.73 Å². The third-order valence-electron chi connectivity index (χ3n) is 3.54. The zero-order valence-corrected chi connectivity index (χ0v) is 11.1. The lowest BCUT2D eigenvalue weighted by molar-refractivity contribution is 0.0730. The molecule has 0 saturated carbocycles. The highest BCUT2D eigenvalue weighted by atomic mass is 19.1. The average molecular weight is 237 g/mol. The van der Waals surface area contributed by atoms with E-state index >= 15 is 0 Å². The van der Waals surface area contributed by atoms with Crippen LogP contribution in [0.1, 0.15) is 43.6 Å². The Morgan fingerprint density at radius 3 is 2.24 bits per heavy atom. The van der Waals surface area contributed by atoms with Crippen LogP contribution in [0.15, 0.2) is 18.2 Å². The van der Waals surface area contributed by atoms with Crippen LogP contribution in [0.25, 0.3) is 0 Å². The van der Waals surface area contributed by atoms with Crippen molar-refractivity contribution in [1.29, 1.82) is 0 Å². The van der Waals surface area contributed by atoms with Crippen molar-refractivity contribution in [3.8, 4) is 0 Å². The molecule has 0 saturated heterocycles. The van der Waals surface area contributed by atoms with Crippen molar-refractivity contribution >= 4 is 5.78 Å². The number of carbonyl (C=O) groups excluding carboxylic acids is 1. The Labute approximate surface area is 102 Å². The van der Waals surface area contributed by atoms with Crippen molar-refractivity contribution in [2.45, 2.75) is 40.2 Å². The van der Waals surface area contributed by atoms with Crippen LogP contribution in [0.5, 0.6) is 0 Å². The minimum atomic E-state index is -0.818. The van der Waals surface area contributed by atoms with Crippen molar-refractivity contribution in [2.75, 3.05) is 0 Å². The van der Waals surface area contributed by atoms with E-state index in [1.54, 1.807) is 39.8 Å². The van der Waals surface area contributed by atoms with E-state index in [0.717, 1.165) is 5.56 Å². The minimum absolute atomic E-state index is 0.119. The molecule has 3 heteroatoms. The molecule has 1 aromatic rings. The summed E-state index contributed by atoms with van der Waals surface area (Å²) < 4.78 is 13.7. The molecule has 0 aliphatic carbocycles. The molecule has 1 rings (SSSR count). The third kappa shape index (κ3) is 2.55. The molecule has 0 amide bonds. The second kappa shape index (κ2) is 4.22. The second-order valence-corrected chi connectivity index (χ2v) is 5.66. The molecule has 0 fully saturated rings. The van der Waals surface area contributed by atoms with Gasteiger partial charge in [-0.2, -0.15) is 0 Å². The topological polar surface area (TPSA) is 43.1 Å². The number of ketones is 1. The predicted molar refractivity (Wildman–Crippen MR) is 67.5 cm³/mol. The van der Waals surface area contributed by atoms with E-state index in [2.05, 4.69) is 0 Å². The fourth-order valence-corrected chi connectivity index (χ4v) is 1.44. The van der Waals surface area contributed by atoms with Crippen LogP contribution in [0, 0.1) is 18.2 Å². The Morgan fingerprint density at radius 2 is 1.76 bits per heavy atom. The zero-order valence-electron chi connectivity index (χ0n) is 11.1. The molecule has 17 heavy (non-hydrogen) atoms. The van der Waals surface area contributed by atoms with Crippen LogP contribution in [-0.2, 0) is 0 Å². The normalized spacial score (nSPS) is 12.6. The number of halogens is 1. The Kier molecular flexibility index (Phi) is 3.44. The van der Waals surface area contributed by atoms with Gasteiger partial charge in [0.15, 0.2) is 5.78 Å². The summed E-state index contributed by atoms with van der Waals surface area (Å²) in [4.78, 5) is 12.4. The fraction of sp³-hybridized carbons (Fsp3) is 0.500. The van der Waals surface area contributed by atoms with Gasteiger partial charge in [0.05, 0.1) is 5.56 Å². The van der Waals surface area contributed by atoms with E-state index in [4.69, 9.17) is 5.73 Å². The van der Waals surface area contributed by atoms with Crippen LogP contribution in [-0.4, -0.2) is 11.3 Å². The maximum atomic E-state index is 13.7. The Hall–Kier alpha value is -1.22. The van der Waals surface area contributed by atoms with Crippen molar-refractivity contribution in [3.63, 3.8) is 0 Å². The van der Waals surface area contributed by atoms with Crippen LogP contribution in [0.2, 0.25) is 0 Å². The fourth-order valence-electron chi connectivity index (χ4n) is 1.44. The van der Waals surface area contributed by atoms with E-state index in [9.17, 15) is 9.18 Å². The number of hydrogen-bond acceptors (Lipinski definition) is 2. The van der Waals surface area contributed by atoms with E-state index in [-0.39, 0.29) is 11.3 Å². The van der Waals surface area contributed by atoms with Gasteiger partial charge in [0.1, 0.15) is 5.82 Å². The average Bonchev–Trinajstić information content (AvgIpc) is 2.19. The Morgan fingerprint density at radius 1 is 1.24 bits per heavy atom. The molecule has 2 nitrogen and oxygen atoms in total. The molecule has 0 aliphatic rings. The number of benzene rings is 1. The lowest BCUT2D eigenvalue weighted by atomic mass is 9.70. The Balaban J connectivity index is 3.26. The highest BCUT2D eigenvalue weighted by molar-refractivity contribution is 6.01. The molecular formula is C14H20FNO. The monoisotopic (exact) mass is 237 g/mol. The quantitative estimate of drug-likeness (QED) is 0.821. The van der Waals surface area contributed by atoms with Gasteiger partial charge in [-0.1, -0.05) is 25.5 Å². The molecule has 0 bridgehead atoms. The molecular weight excluding hydrogens is 217 g/mol. The summed E-state index contributed by atoms with van der Waals surface area (Å²) in [6.07, 6.45) is 0. The largest absolute Gasteiger partial charge is 0.325 e. The van der Waals surface area contributed by atoms with Gasteiger partial charge in [0.2, 0.25) is 0 Å². The van der Waals surface area contributed by atoms with E-state index in [1.165, 1.54) is 6.07 Å². The van der Waals surface area contributed by atoms with Crippen molar-refractivity contribution in [1.82, 2.24) is 0 Å². The molecule has 1 aromatic carbocycles. The van der Waals surface area contributed by atoms with Crippen molar-refractivity contribution in [2.24, 2.45) is 11.1 Å². The first-order valence-corrected chi connectivity index (χ1v) is 5.67. The first-order chi connectivity index (χ1) is 7.57. The zero-order chi connectivity index (χ0) is 13.4. The molecule has 94 valence electrons. The molecule has 0 heterocycles. The molecule has 0 spiro atoms. The van der Waals surface area contributed by atoms with Crippen molar-refractivity contribution < 1.29 is 9.18 Å². The summed E-state index contributed by atoms with van der Waals surface area (Å²) in [5, 5.41) is 0. The van der Waals surface area contributed by atoms with E-state index in [1.807, 2.05) is 6.92 Å². The second-order valence-electron chi connectivity index (χ2n) is 5.66. The molecule has 0 aromatic heterocycles. The summed E-state index contributed by atoms with van der Waals surface area (Å²) in [5.41, 5.74) is 5.45. The van der Waals surface area contributed by atoms with Crippen LogP contribution >= 0.6 is 0 Å². The van der Waals surface area contributed by atoms with Gasteiger partial charge in [0.25, 0.3) is 0 Å². The number of hydrogen-bond donors (Lipinski definition) is 1. The predicted octanol–water partition coefficient (Wildman–Crippen LogP) is 3.08. The van der Waals surface area contributed by atoms with E-state index in [0.29, 0.717) is 0 Å². The third-order valence-corrected chi connectivity index (χ3v) is 3.54. The molecule has 0 radical (unpaired) electrons. The summed E-state index contributed by atoms with van der Waals surface area (Å²) in [6.45, 7) is 8.88. The number of nitrogens with two attached hydrogens (primary N) is 1. The number of carbonyl (C=O) groups is 1. The van der Waals surface area contributed by atoms with Gasteiger partial charge >= 0.3 is 0 Å². The van der Waals surface area contributed by atoms with Crippen LogP contribution in [0.4, 0.5) is 4.39 Å². The van der Waals surface area contributed by atoms with Gasteiger partial charge in [0, 0.05) is 11.0 Å². The highest BCUT2D eigenvalue weighted by Crippen LogP contribution is 2.33. The van der Waals surface area contributed by atoms with Gasteiger partial charge in [-0.05, 0) is 32.9 Å². The Bertz CT molecular complexity index is 444. The van der Waals surface area contributed by atoms with Crippen LogP contribution in [0.3, 0.4) is 0 Å². The lowest BCUT2D eigenvalue weighted by Crippen LogP contribution is -2.52. The standard InChI is InChI=1S/C14H20FNO/c1-9-6-7-11(15)10(8-9)12(17)13(2,3)14(4,5)16/h6-8H,16H2,1-5H3. The smallest absolute Gasteiger partial charge is 0.173 e. The number of Topliss-reactive ketones (excluding diaryl/α,β-unsaturated/α-hetero) is 1. The van der Waals surface area contributed by atoms with Gasteiger partial charge in [-0.3, -0.25) is 4.79 Å². The highest BCUT2D eigenvalue weighted by Gasteiger charge is 2.41. The molecule has 0 aliphatic heterocycles. The summed E-state index contributed by atoms with van der Waals surface area (Å²) in [5.74, 6) is -0.746. The minimum Gasteiger partial charge on any atom is -0.325 e. The maximum Gasteiger partial charge on any atom is 0.173 e. The number of aryl methyl sites for hydroxylation is 1. The molecule has 0 unspecified atom stereocenters. The lowest BCUT2D eigenvalue weighted by Gasteiger charge is -2.37. The van der Waals surface area contributed by atoms with Gasteiger partial charge in [-0.25, -0.2) is 4.39 Å². The maximum absolute atomic E-state index is 13.7. The first-order valence-electron chi connectivity index (χ1n) is 5.67. The van der Waals surface area contributed by atoms with E-state index < -0.39 is 16.8 Å². The first kappa shape index (κ1) is 13.8. The van der Waals surface area contributed by atoms with Gasteiger partial charge in [-0.15, -0.1) is 0 Å². The molecule has 2 N–H and O–H groups in total. The number of rotatable bonds is 3. The summed E-state index contributed by atoms with van der Waals surface area (Å²) >= 11 is 0. The SMILES string of the molecule is Cc1ccc(F)c(C(=O)C(C)(C)C(C)(C)N)c1. The summed E-state index contributed by atoms with van der Waals surface area (Å²) in [6, 6.07) is 4.54. The summed E-state index contributed by atoms with van der Waals surface area (Å²) in [7, 11) is 0. The van der Waals surface area contributed by atoms with Crippen molar-refractivity contribution in [3.05, 3.63) is 35.1 Å². The van der Waals surface area contributed by atoms with Gasteiger partial charge < -0.3 is 5.73 Å². The molecule has 0 atom stereocenters.